The number of likely N-dealkylation sites (tertiary alicyclic amines) is 1. The first-order valence-electron chi connectivity index (χ1n) is 10.4. The quantitative estimate of drug-likeness (QED) is 0.808. The van der Waals surface area contributed by atoms with Gasteiger partial charge in [-0.1, -0.05) is 17.7 Å². The summed E-state index contributed by atoms with van der Waals surface area (Å²) in [6.45, 7) is 10.8. The number of quaternary nitrogens is 1. The fourth-order valence-electron chi connectivity index (χ4n) is 4.67. The first-order chi connectivity index (χ1) is 13.2. The lowest BCUT2D eigenvalue weighted by Gasteiger charge is -2.40. The summed E-state index contributed by atoms with van der Waals surface area (Å²) in [5, 5.41) is 0. The number of benzene rings is 1. The molecule has 6 nitrogen and oxygen atoms in total. The van der Waals surface area contributed by atoms with Crippen LogP contribution in [0.2, 0.25) is 0 Å². The van der Waals surface area contributed by atoms with Gasteiger partial charge in [0.05, 0.1) is 31.1 Å². The van der Waals surface area contributed by atoms with Gasteiger partial charge in [-0.3, -0.25) is 4.79 Å². The molecule has 2 saturated heterocycles. The van der Waals surface area contributed by atoms with Crippen LogP contribution in [0.3, 0.4) is 0 Å². The average Bonchev–Trinajstić information content (AvgIpc) is 2.61. The van der Waals surface area contributed by atoms with Gasteiger partial charge in [-0.25, -0.2) is 8.42 Å². The minimum atomic E-state index is -3.47. The molecule has 0 aromatic heterocycles. The molecule has 1 N–H and O–H groups in total. The Morgan fingerprint density at radius 3 is 2.29 bits per heavy atom. The Kier molecular flexibility index (Phi) is 6.47. The van der Waals surface area contributed by atoms with Crippen molar-refractivity contribution in [3.8, 4) is 0 Å². The van der Waals surface area contributed by atoms with Crippen molar-refractivity contribution >= 4 is 15.9 Å². The summed E-state index contributed by atoms with van der Waals surface area (Å²) in [5.41, 5.74) is 1.85. The lowest BCUT2D eigenvalue weighted by Crippen LogP contribution is -3.16. The second-order valence-corrected chi connectivity index (χ2v) is 10.4. The number of nitrogens with one attached hydrogen (secondary N) is 1. The summed E-state index contributed by atoms with van der Waals surface area (Å²) in [6, 6.07) is 6.08. The molecule has 0 spiro atoms. The van der Waals surface area contributed by atoms with E-state index in [1.807, 2.05) is 26.0 Å². The normalized spacial score (nSPS) is 25.1. The van der Waals surface area contributed by atoms with Gasteiger partial charge < -0.3 is 9.80 Å². The predicted molar refractivity (Wildman–Crippen MR) is 110 cm³/mol. The molecule has 2 aliphatic heterocycles. The summed E-state index contributed by atoms with van der Waals surface area (Å²) in [4.78, 5) is 16.5. The lowest BCUT2D eigenvalue weighted by atomic mass is 9.97. The molecule has 2 aliphatic rings. The van der Waals surface area contributed by atoms with E-state index >= 15 is 0 Å². The molecule has 0 radical (unpaired) electrons. The Bertz CT molecular complexity index is 806. The van der Waals surface area contributed by atoms with Crippen LogP contribution in [-0.4, -0.2) is 68.3 Å². The summed E-state index contributed by atoms with van der Waals surface area (Å²) >= 11 is 0. The van der Waals surface area contributed by atoms with Crippen LogP contribution in [0.5, 0.6) is 0 Å². The summed E-state index contributed by atoms with van der Waals surface area (Å²) in [7, 11) is -3.47. The molecule has 7 heteroatoms. The zero-order chi connectivity index (χ0) is 20.5. The van der Waals surface area contributed by atoms with Crippen LogP contribution in [0.1, 0.15) is 44.2 Å². The maximum absolute atomic E-state index is 13.0. The van der Waals surface area contributed by atoms with Gasteiger partial charge >= 0.3 is 0 Å². The van der Waals surface area contributed by atoms with Gasteiger partial charge in [0, 0.05) is 12.1 Å². The van der Waals surface area contributed by atoms with Gasteiger partial charge in [0.25, 0.3) is 5.91 Å². The van der Waals surface area contributed by atoms with Crippen molar-refractivity contribution in [3.05, 3.63) is 29.3 Å². The number of sulfonamides is 1. The fourth-order valence-corrected chi connectivity index (χ4v) is 6.31. The minimum Gasteiger partial charge on any atom is -0.332 e. The van der Waals surface area contributed by atoms with Gasteiger partial charge in [0.15, 0.2) is 6.54 Å². The Balaban J connectivity index is 1.60. The van der Waals surface area contributed by atoms with Crippen molar-refractivity contribution < 1.29 is 18.1 Å². The molecule has 156 valence electrons. The molecule has 0 bridgehead atoms. The standard InChI is InChI=1S/C21H33N3O3S/c1-16-8-9-20(17(2)14-16)28(26,27)23-12-10-22(11-13-23)15-21(25)24-18(3)6-5-7-19(24)4/h8-9,14,18-19H,5-7,10-13,15H2,1-4H3/p+1/t18-,19+. The number of carbonyl (C=O) groups excluding carboxylic acids is 1. The maximum atomic E-state index is 13.0. The molecule has 1 amide bonds. The fraction of sp³-hybridized carbons (Fsp3) is 0.667. The average molecular weight is 409 g/mol. The number of aryl methyl sites for hydroxylation is 2. The van der Waals surface area contributed by atoms with Crippen LogP contribution in [0.25, 0.3) is 0 Å². The molecule has 3 rings (SSSR count). The molecule has 0 unspecified atom stereocenters. The van der Waals surface area contributed by atoms with E-state index < -0.39 is 10.0 Å². The highest BCUT2D eigenvalue weighted by Crippen LogP contribution is 2.23. The van der Waals surface area contributed by atoms with E-state index in [4.69, 9.17) is 0 Å². The van der Waals surface area contributed by atoms with E-state index in [1.54, 1.807) is 10.4 Å². The van der Waals surface area contributed by atoms with Crippen molar-refractivity contribution in [2.45, 2.75) is 63.9 Å². The Morgan fingerprint density at radius 1 is 1.11 bits per heavy atom. The summed E-state index contributed by atoms with van der Waals surface area (Å²) < 4.78 is 27.6. The van der Waals surface area contributed by atoms with Crippen molar-refractivity contribution in [1.29, 1.82) is 0 Å². The van der Waals surface area contributed by atoms with Crippen LogP contribution in [0, 0.1) is 13.8 Å². The monoisotopic (exact) mass is 408 g/mol. The van der Waals surface area contributed by atoms with Crippen molar-refractivity contribution in [2.24, 2.45) is 0 Å². The highest BCUT2D eigenvalue weighted by atomic mass is 32.2. The van der Waals surface area contributed by atoms with E-state index in [0.717, 1.165) is 24.0 Å². The summed E-state index contributed by atoms with van der Waals surface area (Å²) in [5.74, 6) is 0.209. The van der Waals surface area contributed by atoms with Gasteiger partial charge in [-0.2, -0.15) is 4.31 Å². The van der Waals surface area contributed by atoms with Gasteiger partial charge in [0.1, 0.15) is 0 Å². The van der Waals surface area contributed by atoms with Gasteiger partial charge in [-0.05, 0) is 58.6 Å². The molecule has 28 heavy (non-hydrogen) atoms. The van der Waals surface area contributed by atoms with E-state index in [-0.39, 0.29) is 5.91 Å². The zero-order valence-corrected chi connectivity index (χ0v) is 18.4. The third kappa shape index (κ3) is 4.42. The molecule has 0 aliphatic carbocycles. The number of piperazine rings is 1. The predicted octanol–water partition coefficient (Wildman–Crippen LogP) is 0.982. The second kappa shape index (κ2) is 8.51. The first kappa shape index (κ1) is 21.3. The summed E-state index contributed by atoms with van der Waals surface area (Å²) in [6.07, 6.45) is 3.34. The van der Waals surface area contributed by atoms with Gasteiger partial charge in [0.2, 0.25) is 10.0 Å². The van der Waals surface area contributed by atoms with Crippen LogP contribution < -0.4 is 4.90 Å². The SMILES string of the molecule is Cc1ccc(S(=O)(=O)N2CC[NH+](CC(=O)N3[C@H](C)CCC[C@@H]3C)CC2)c(C)c1. The van der Waals surface area contributed by atoms with Crippen LogP contribution >= 0.6 is 0 Å². The number of rotatable bonds is 4. The first-order valence-corrected chi connectivity index (χ1v) is 11.9. The highest BCUT2D eigenvalue weighted by molar-refractivity contribution is 7.89. The molecule has 2 atom stereocenters. The number of carbonyl (C=O) groups is 1. The number of hydrogen-bond donors (Lipinski definition) is 1. The molecule has 1 aromatic rings. The van der Waals surface area contributed by atoms with Crippen LogP contribution in [0.15, 0.2) is 23.1 Å². The van der Waals surface area contributed by atoms with E-state index in [1.165, 1.54) is 11.3 Å². The topological polar surface area (TPSA) is 62.1 Å². The molecule has 2 heterocycles. The second-order valence-electron chi connectivity index (χ2n) is 8.53. The third-order valence-electron chi connectivity index (χ3n) is 6.26. The maximum Gasteiger partial charge on any atom is 0.278 e. The smallest absolute Gasteiger partial charge is 0.278 e. The largest absolute Gasteiger partial charge is 0.332 e. The van der Waals surface area contributed by atoms with Gasteiger partial charge in [-0.15, -0.1) is 0 Å². The number of piperidine rings is 1. The van der Waals surface area contributed by atoms with Crippen molar-refractivity contribution in [1.82, 2.24) is 9.21 Å². The minimum absolute atomic E-state index is 0.209. The number of amides is 1. The van der Waals surface area contributed by atoms with Crippen molar-refractivity contribution in [3.63, 3.8) is 0 Å². The Hall–Kier alpha value is -1.44. The van der Waals surface area contributed by atoms with Crippen molar-refractivity contribution in [2.75, 3.05) is 32.7 Å². The number of hydrogen-bond acceptors (Lipinski definition) is 3. The Labute approximate surface area is 169 Å². The van der Waals surface area contributed by atoms with Crippen LogP contribution in [-0.2, 0) is 14.8 Å². The Morgan fingerprint density at radius 2 is 1.71 bits per heavy atom. The molecular weight excluding hydrogens is 374 g/mol. The molecule has 1 aromatic carbocycles. The van der Waals surface area contributed by atoms with E-state index in [9.17, 15) is 13.2 Å². The number of nitrogens with zero attached hydrogens (tertiary/aromatic N) is 2. The highest BCUT2D eigenvalue weighted by Gasteiger charge is 2.35. The van der Waals surface area contributed by atoms with E-state index in [0.29, 0.717) is 49.7 Å². The molecule has 0 saturated carbocycles. The molecular formula is C21H34N3O3S+. The zero-order valence-electron chi connectivity index (χ0n) is 17.6. The lowest BCUT2D eigenvalue weighted by molar-refractivity contribution is -0.896. The third-order valence-corrected chi connectivity index (χ3v) is 8.32. The van der Waals surface area contributed by atoms with E-state index in [2.05, 4.69) is 18.7 Å². The van der Waals surface area contributed by atoms with Crippen LogP contribution in [0.4, 0.5) is 0 Å². The molecule has 2 fully saturated rings.